The van der Waals surface area contributed by atoms with Crippen molar-refractivity contribution in [2.45, 2.75) is 25.4 Å². The highest BCUT2D eigenvalue weighted by Gasteiger charge is 2.10. The fourth-order valence-electron chi connectivity index (χ4n) is 1.25. The Kier molecular flexibility index (Phi) is 7.06. The fourth-order valence-corrected chi connectivity index (χ4v) is 1.88. The van der Waals surface area contributed by atoms with Crippen molar-refractivity contribution in [3.8, 4) is 0 Å². The topological polar surface area (TPSA) is 80.2 Å². The maximum Gasteiger partial charge on any atom is 0.316 e. The Balaban J connectivity index is 2.77. The van der Waals surface area contributed by atoms with Crippen molar-refractivity contribution < 1.29 is 9.53 Å². The van der Waals surface area contributed by atoms with Gasteiger partial charge < -0.3 is 15.0 Å². The maximum absolute atomic E-state index is 11.4. The molecule has 1 heterocycles. The van der Waals surface area contributed by atoms with Gasteiger partial charge in [-0.25, -0.2) is 0 Å². The molecule has 0 unspecified atom stereocenters. The van der Waals surface area contributed by atoms with Gasteiger partial charge in [0.1, 0.15) is 0 Å². The number of thioether (sulfide) groups is 1. The fraction of sp³-hybridized carbons (Fsp3) is 0.667. The highest BCUT2D eigenvalue weighted by Crippen LogP contribution is 2.17. The predicted octanol–water partition coefficient (Wildman–Crippen LogP) is 1.41. The van der Waals surface area contributed by atoms with Crippen LogP contribution in [0.4, 0.5) is 11.9 Å². The molecule has 0 spiro atoms. The minimum absolute atomic E-state index is 0.192. The highest BCUT2D eigenvalue weighted by molar-refractivity contribution is 7.99. The van der Waals surface area contributed by atoms with E-state index in [0.717, 1.165) is 13.0 Å². The molecule has 1 rings (SSSR count). The van der Waals surface area contributed by atoms with Gasteiger partial charge in [0.2, 0.25) is 11.9 Å². The molecule has 8 heteroatoms. The number of hydrogen-bond acceptors (Lipinski definition) is 8. The molecule has 1 N–H and O–H groups in total. The summed E-state index contributed by atoms with van der Waals surface area (Å²) in [6, 6.07) is 0. The summed E-state index contributed by atoms with van der Waals surface area (Å²) in [4.78, 5) is 26.0. The molecule has 0 radical (unpaired) electrons. The van der Waals surface area contributed by atoms with Gasteiger partial charge in [-0.1, -0.05) is 18.7 Å². The van der Waals surface area contributed by atoms with Gasteiger partial charge in [-0.2, -0.15) is 15.0 Å². The van der Waals surface area contributed by atoms with Gasteiger partial charge in [-0.3, -0.25) is 4.79 Å². The number of ether oxygens (including phenoxy) is 1. The lowest BCUT2D eigenvalue weighted by molar-refractivity contribution is -0.139. The molecule has 0 aliphatic heterocycles. The molecular formula is C12H21N5O2S. The smallest absolute Gasteiger partial charge is 0.316 e. The third-order valence-electron chi connectivity index (χ3n) is 2.16. The molecule has 7 nitrogen and oxygen atoms in total. The van der Waals surface area contributed by atoms with Crippen molar-refractivity contribution in [1.82, 2.24) is 15.0 Å². The Hall–Kier alpha value is -1.57. The Labute approximate surface area is 123 Å². The summed E-state index contributed by atoms with van der Waals surface area (Å²) < 4.78 is 4.88. The SMILES string of the molecule is CCCNc1nc(SCC(=O)OCC)nc(N(C)C)n1. The zero-order valence-corrected chi connectivity index (χ0v) is 13.2. The standard InChI is InChI=1S/C12H21N5O2S/c1-5-7-13-10-14-11(17(3)4)16-12(15-10)20-8-9(18)19-6-2/h5-8H2,1-4H3,(H,13,14,15,16). The second kappa shape index (κ2) is 8.57. The van der Waals surface area contributed by atoms with Crippen LogP contribution in [0.15, 0.2) is 5.16 Å². The first-order valence-electron chi connectivity index (χ1n) is 6.52. The van der Waals surface area contributed by atoms with E-state index in [0.29, 0.717) is 23.7 Å². The van der Waals surface area contributed by atoms with Crippen LogP contribution in [0.2, 0.25) is 0 Å². The predicted molar refractivity (Wildman–Crippen MR) is 80.3 cm³/mol. The first-order chi connectivity index (χ1) is 9.56. The summed E-state index contributed by atoms with van der Waals surface area (Å²) in [5.41, 5.74) is 0. The van der Waals surface area contributed by atoms with E-state index in [1.165, 1.54) is 11.8 Å². The van der Waals surface area contributed by atoms with Gasteiger partial charge in [0, 0.05) is 20.6 Å². The van der Waals surface area contributed by atoms with Crippen LogP contribution >= 0.6 is 11.8 Å². The highest BCUT2D eigenvalue weighted by atomic mass is 32.2. The lowest BCUT2D eigenvalue weighted by atomic mass is 10.5. The molecule has 0 aromatic carbocycles. The quantitative estimate of drug-likeness (QED) is 0.570. The van der Waals surface area contributed by atoms with Crippen molar-refractivity contribution >= 4 is 29.6 Å². The molecule has 0 atom stereocenters. The Morgan fingerprint density at radius 1 is 1.30 bits per heavy atom. The first-order valence-corrected chi connectivity index (χ1v) is 7.51. The second-order valence-electron chi connectivity index (χ2n) is 4.16. The summed E-state index contributed by atoms with van der Waals surface area (Å²) in [6.45, 7) is 5.02. The molecule has 0 aliphatic carbocycles. The van der Waals surface area contributed by atoms with Crippen LogP contribution in [0, 0.1) is 0 Å². The van der Waals surface area contributed by atoms with Gasteiger partial charge in [-0.05, 0) is 13.3 Å². The third-order valence-corrected chi connectivity index (χ3v) is 2.98. The number of hydrogen-bond donors (Lipinski definition) is 1. The van der Waals surface area contributed by atoms with E-state index in [9.17, 15) is 4.79 Å². The Bertz CT molecular complexity index is 442. The molecule has 112 valence electrons. The normalized spacial score (nSPS) is 10.2. The molecule has 1 aromatic heterocycles. The maximum atomic E-state index is 11.4. The number of anilines is 2. The zero-order valence-electron chi connectivity index (χ0n) is 12.3. The van der Waals surface area contributed by atoms with Gasteiger partial charge in [0.25, 0.3) is 0 Å². The van der Waals surface area contributed by atoms with Gasteiger partial charge in [-0.15, -0.1) is 0 Å². The van der Waals surface area contributed by atoms with E-state index in [1.807, 2.05) is 14.1 Å². The molecule has 20 heavy (non-hydrogen) atoms. The molecule has 0 fully saturated rings. The van der Waals surface area contributed by atoms with E-state index < -0.39 is 0 Å². The van der Waals surface area contributed by atoms with Crippen LogP contribution in [-0.2, 0) is 9.53 Å². The minimum Gasteiger partial charge on any atom is -0.465 e. The third kappa shape index (κ3) is 5.60. The zero-order chi connectivity index (χ0) is 15.0. The summed E-state index contributed by atoms with van der Waals surface area (Å²) in [5.74, 6) is 1.01. The summed E-state index contributed by atoms with van der Waals surface area (Å²) >= 11 is 1.24. The Morgan fingerprint density at radius 3 is 2.65 bits per heavy atom. The lowest BCUT2D eigenvalue weighted by Crippen LogP contribution is -2.16. The van der Waals surface area contributed by atoms with Crippen LogP contribution in [0.25, 0.3) is 0 Å². The van der Waals surface area contributed by atoms with Crippen LogP contribution in [-0.4, -0.2) is 53.9 Å². The number of nitrogens with zero attached hydrogens (tertiary/aromatic N) is 4. The van der Waals surface area contributed by atoms with E-state index in [2.05, 4.69) is 27.2 Å². The number of esters is 1. The van der Waals surface area contributed by atoms with Gasteiger partial charge in [0.15, 0.2) is 5.16 Å². The molecular weight excluding hydrogens is 278 g/mol. The Morgan fingerprint density at radius 2 is 2.05 bits per heavy atom. The number of carbonyl (C=O) groups is 1. The van der Waals surface area contributed by atoms with E-state index in [4.69, 9.17) is 4.74 Å². The van der Waals surface area contributed by atoms with E-state index >= 15 is 0 Å². The van der Waals surface area contributed by atoms with Crippen molar-refractivity contribution in [2.24, 2.45) is 0 Å². The molecule has 1 aromatic rings. The molecule has 0 saturated carbocycles. The summed E-state index contributed by atoms with van der Waals surface area (Å²) in [7, 11) is 3.72. The minimum atomic E-state index is -0.271. The van der Waals surface area contributed by atoms with Crippen molar-refractivity contribution in [1.29, 1.82) is 0 Å². The van der Waals surface area contributed by atoms with Crippen molar-refractivity contribution in [2.75, 3.05) is 43.2 Å². The molecule has 0 bridgehead atoms. The number of carbonyl (C=O) groups excluding carboxylic acids is 1. The monoisotopic (exact) mass is 299 g/mol. The average molecular weight is 299 g/mol. The van der Waals surface area contributed by atoms with E-state index in [-0.39, 0.29) is 11.7 Å². The van der Waals surface area contributed by atoms with Gasteiger partial charge in [0.05, 0.1) is 12.4 Å². The first kappa shape index (κ1) is 16.5. The van der Waals surface area contributed by atoms with Crippen LogP contribution in [0.5, 0.6) is 0 Å². The van der Waals surface area contributed by atoms with Crippen molar-refractivity contribution in [3.63, 3.8) is 0 Å². The largest absolute Gasteiger partial charge is 0.465 e. The molecule has 0 saturated heterocycles. The average Bonchev–Trinajstić information content (AvgIpc) is 2.43. The van der Waals surface area contributed by atoms with Crippen LogP contribution < -0.4 is 10.2 Å². The number of rotatable bonds is 8. The van der Waals surface area contributed by atoms with Crippen molar-refractivity contribution in [3.05, 3.63) is 0 Å². The van der Waals surface area contributed by atoms with Gasteiger partial charge >= 0.3 is 5.97 Å². The van der Waals surface area contributed by atoms with Crippen LogP contribution in [0.3, 0.4) is 0 Å². The molecule has 0 amide bonds. The number of aromatic nitrogens is 3. The number of nitrogens with one attached hydrogen (secondary N) is 1. The van der Waals surface area contributed by atoms with Crippen LogP contribution in [0.1, 0.15) is 20.3 Å². The lowest BCUT2D eigenvalue weighted by Gasteiger charge is -2.12. The van der Waals surface area contributed by atoms with E-state index in [1.54, 1.807) is 11.8 Å². The second-order valence-corrected chi connectivity index (χ2v) is 5.10. The molecule has 0 aliphatic rings. The summed E-state index contributed by atoms with van der Waals surface area (Å²) in [6.07, 6.45) is 0.980. The summed E-state index contributed by atoms with van der Waals surface area (Å²) in [5, 5.41) is 3.63.